The number of aryl methyl sites for hydroxylation is 1. The molecule has 2 nitrogen and oxygen atoms in total. The number of hydrogen-bond acceptors (Lipinski definition) is 0. The van der Waals surface area contributed by atoms with Gasteiger partial charge in [0, 0.05) is 33.2 Å². The van der Waals surface area contributed by atoms with Gasteiger partial charge in [-0.05, 0) is 112 Å². The van der Waals surface area contributed by atoms with Crippen LogP contribution in [0.3, 0.4) is 0 Å². The first kappa shape index (κ1) is 27.0. The Hall–Kier alpha value is -6.12. The number of aromatic nitrogens is 2. The van der Waals surface area contributed by atoms with E-state index < -0.39 is 0 Å². The summed E-state index contributed by atoms with van der Waals surface area (Å²) in [5.74, 6) is 0. The maximum Gasteiger partial charge on any atom is 0.0541 e. The summed E-state index contributed by atoms with van der Waals surface area (Å²) in [4.78, 5) is 0. The van der Waals surface area contributed by atoms with Crippen molar-refractivity contribution in [2.24, 2.45) is 0 Å². The van der Waals surface area contributed by atoms with Crippen molar-refractivity contribution in [3.63, 3.8) is 0 Å². The Morgan fingerprint density at radius 2 is 1.02 bits per heavy atom. The minimum Gasteiger partial charge on any atom is -0.310 e. The van der Waals surface area contributed by atoms with Crippen LogP contribution in [0.5, 0.6) is 0 Å². The van der Waals surface area contributed by atoms with Crippen LogP contribution >= 0.6 is 0 Å². The summed E-state index contributed by atoms with van der Waals surface area (Å²) in [6, 6.07) is 57.8. The molecule has 10 rings (SSSR count). The Bertz CT molecular complexity index is 2700. The third kappa shape index (κ3) is 4.19. The van der Waals surface area contributed by atoms with E-state index in [4.69, 9.17) is 0 Å². The van der Waals surface area contributed by atoms with Gasteiger partial charge in [0.25, 0.3) is 0 Å². The van der Waals surface area contributed by atoms with Crippen LogP contribution in [-0.2, 0) is 6.42 Å². The molecule has 0 fully saturated rings. The molecule has 2 aromatic heterocycles. The van der Waals surface area contributed by atoms with Crippen molar-refractivity contribution in [1.29, 1.82) is 0 Å². The molecule has 0 N–H and O–H groups in total. The molecule has 1 aliphatic carbocycles. The molecule has 9 aromatic rings. The highest BCUT2D eigenvalue weighted by molar-refractivity contribution is 6.10. The van der Waals surface area contributed by atoms with E-state index in [2.05, 4.69) is 179 Å². The molecule has 0 saturated heterocycles. The molecule has 2 heterocycles. The lowest BCUT2D eigenvalue weighted by molar-refractivity contribution is 0.968. The Labute approximate surface area is 279 Å². The van der Waals surface area contributed by atoms with Gasteiger partial charge < -0.3 is 9.13 Å². The minimum absolute atomic E-state index is 1.06. The minimum atomic E-state index is 1.06. The Morgan fingerprint density at radius 3 is 1.81 bits per heavy atom. The van der Waals surface area contributed by atoms with Crippen LogP contribution in [0.1, 0.15) is 17.7 Å². The van der Waals surface area contributed by atoms with Gasteiger partial charge in [-0.15, -0.1) is 0 Å². The zero-order valence-electron chi connectivity index (χ0n) is 26.5. The SMILES string of the molecule is C1=Cc2c(c3cc(-c4ccc(-c5ccc6c(c5)c5ccccc5n6-c5ccccc5)cc4)ccc3n2-c2ccc3ccccc3c2)CC1. The van der Waals surface area contributed by atoms with Crippen molar-refractivity contribution in [3.05, 3.63) is 175 Å². The highest BCUT2D eigenvalue weighted by atomic mass is 15.0. The summed E-state index contributed by atoms with van der Waals surface area (Å²) in [5, 5.41) is 6.44. The second-order valence-corrected chi connectivity index (χ2v) is 12.9. The van der Waals surface area contributed by atoms with Crippen LogP contribution < -0.4 is 0 Å². The van der Waals surface area contributed by atoms with Gasteiger partial charge in [-0.25, -0.2) is 0 Å². The number of benzene rings is 7. The highest BCUT2D eigenvalue weighted by Gasteiger charge is 2.19. The predicted octanol–water partition coefficient (Wildman–Crippen LogP) is 12.2. The van der Waals surface area contributed by atoms with E-state index in [1.807, 2.05) is 0 Å². The molecule has 0 radical (unpaired) electrons. The third-order valence-electron chi connectivity index (χ3n) is 10.2. The number of allylic oxidation sites excluding steroid dienone is 1. The lowest BCUT2D eigenvalue weighted by atomic mass is 9.96. The fourth-order valence-corrected chi connectivity index (χ4v) is 7.87. The third-order valence-corrected chi connectivity index (χ3v) is 10.2. The molecule has 0 atom stereocenters. The van der Waals surface area contributed by atoms with Gasteiger partial charge in [-0.1, -0.05) is 109 Å². The monoisotopic (exact) mass is 612 g/mol. The van der Waals surface area contributed by atoms with E-state index in [9.17, 15) is 0 Å². The Kier molecular flexibility index (Phi) is 6.04. The molecule has 0 unspecified atom stereocenters. The molecule has 1 aliphatic rings. The van der Waals surface area contributed by atoms with Crippen molar-refractivity contribution >= 4 is 49.6 Å². The second-order valence-electron chi connectivity index (χ2n) is 12.9. The number of para-hydroxylation sites is 2. The first-order valence-electron chi connectivity index (χ1n) is 16.8. The fraction of sp³-hybridized carbons (Fsp3) is 0.0435. The summed E-state index contributed by atoms with van der Waals surface area (Å²) < 4.78 is 4.82. The maximum absolute atomic E-state index is 2.45. The van der Waals surface area contributed by atoms with Crippen LogP contribution in [0, 0.1) is 0 Å². The maximum atomic E-state index is 2.45. The summed E-state index contributed by atoms with van der Waals surface area (Å²) in [7, 11) is 0. The van der Waals surface area contributed by atoms with E-state index in [1.165, 1.54) is 88.4 Å². The summed E-state index contributed by atoms with van der Waals surface area (Å²) in [6.07, 6.45) is 6.78. The normalized spacial score (nSPS) is 12.8. The summed E-state index contributed by atoms with van der Waals surface area (Å²) in [6.45, 7) is 0. The molecule has 0 saturated carbocycles. The van der Waals surface area contributed by atoms with Crippen LogP contribution in [0.4, 0.5) is 0 Å². The zero-order chi connectivity index (χ0) is 31.6. The molecule has 0 spiro atoms. The molecule has 2 heteroatoms. The highest BCUT2D eigenvalue weighted by Crippen LogP contribution is 2.38. The van der Waals surface area contributed by atoms with Crippen LogP contribution in [0.25, 0.3) is 83.2 Å². The predicted molar refractivity (Wildman–Crippen MR) is 203 cm³/mol. The first-order valence-corrected chi connectivity index (χ1v) is 16.8. The van der Waals surface area contributed by atoms with Crippen molar-refractivity contribution in [2.45, 2.75) is 12.8 Å². The largest absolute Gasteiger partial charge is 0.310 e. The van der Waals surface area contributed by atoms with Crippen molar-refractivity contribution < 1.29 is 0 Å². The van der Waals surface area contributed by atoms with Crippen molar-refractivity contribution in [2.75, 3.05) is 0 Å². The number of rotatable bonds is 4. The molecule has 0 amide bonds. The molecule has 0 bridgehead atoms. The van der Waals surface area contributed by atoms with Gasteiger partial charge in [0.05, 0.1) is 16.6 Å². The Morgan fingerprint density at radius 1 is 0.396 bits per heavy atom. The zero-order valence-corrected chi connectivity index (χ0v) is 26.5. The molecule has 0 aliphatic heterocycles. The van der Waals surface area contributed by atoms with E-state index in [0.717, 1.165) is 12.8 Å². The lowest BCUT2D eigenvalue weighted by Gasteiger charge is -2.13. The van der Waals surface area contributed by atoms with Crippen molar-refractivity contribution in [1.82, 2.24) is 9.13 Å². The van der Waals surface area contributed by atoms with Crippen LogP contribution in [-0.4, -0.2) is 9.13 Å². The Balaban J connectivity index is 1.04. The van der Waals surface area contributed by atoms with Gasteiger partial charge in [0.2, 0.25) is 0 Å². The van der Waals surface area contributed by atoms with Gasteiger partial charge >= 0.3 is 0 Å². The quantitative estimate of drug-likeness (QED) is 0.187. The molecular weight excluding hydrogens is 581 g/mol. The van der Waals surface area contributed by atoms with E-state index in [1.54, 1.807) is 0 Å². The van der Waals surface area contributed by atoms with Gasteiger partial charge in [-0.3, -0.25) is 0 Å². The smallest absolute Gasteiger partial charge is 0.0541 e. The fourth-order valence-electron chi connectivity index (χ4n) is 7.87. The topological polar surface area (TPSA) is 9.86 Å². The second kappa shape index (κ2) is 10.7. The molecule has 48 heavy (non-hydrogen) atoms. The molecule has 7 aromatic carbocycles. The van der Waals surface area contributed by atoms with Gasteiger partial charge in [-0.2, -0.15) is 0 Å². The van der Waals surface area contributed by atoms with Gasteiger partial charge in [0.15, 0.2) is 0 Å². The first-order chi connectivity index (χ1) is 23.8. The van der Waals surface area contributed by atoms with Crippen LogP contribution in [0.2, 0.25) is 0 Å². The lowest BCUT2D eigenvalue weighted by Crippen LogP contribution is -2.00. The van der Waals surface area contributed by atoms with Crippen LogP contribution in [0.15, 0.2) is 164 Å². The van der Waals surface area contributed by atoms with Crippen molar-refractivity contribution in [3.8, 4) is 33.6 Å². The standard InChI is InChI=1S/C46H32N2/c1-2-12-37(13-3-1)47-43-16-8-6-14-39(43)41-29-35(23-26-45(41)47)32-18-20-33(21-19-32)36-24-27-46-42(30-36)40-15-7-9-17-44(40)48(46)38-25-22-31-10-4-5-11-34(31)28-38/h1-6,8-14,16-30H,7,15H2. The molecule has 226 valence electrons. The number of hydrogen-bond donors (Lipinski definition) is 0. The van der Waals surface area contributed by atoms with E-state index in [0.29, 0.717) is 0 Å². The average Bonchev–Trinajstić information content (AvgIpc) is 3.67. The average molecular weight is 613 g/mol. The van der Waals surface area contributed by atoms with E-state index >= 15 is 0 Å². The summed E-state index contributed by atoms with van der Waals surface area (Å²) >= 11 is 0. The number of fused-ring (bicyclic) bond motifs is 7. The van der Waals surface area contributed by atoms with E-state index in [-0.39, 0.29) is 0 Å². The van der Waals surface area contributed by atoms with Gasteiger partial charge in [0.1, 0.15) is 0 Å². The summed E-state index contributed by atoms with van der Waals surface area (Å²) in [5.41, 5.74) is 13.8. The molecular formula is C46H32N2. The number of nitrogens with zero attached hydrogens (tertiary/aromatic N) is 2.